The molecule has 19 heavy (non-hydrogen) atoms. The van der Waals surface area contributed by atoms with Crippen molar-refractivity contribution < 1.29 is 14.3 Å². The minimum atomic E-state index is -0.639. The molecular weight excluding hydrogens is 286 g/mol. The summed E-state index contributed by atoms with van der Waals surface area (Å²) in [7, 11) is 1.56. The zero-order valence-corrected chi connectivity index (χ0v) is 13.1. The summed E-state index contributed by atoms with van der Waals surface area (Å²) in [6, 6.07) is 0. The standard InChI is InChI=1S/C10H20N2O2S.CH3NOS/c1-9(13)11-7-5-3-4-6-8-12-10(15)14-2;2-1(3)4/h3-8H2,1-2H3,(H,11,13)(H,12,15);(H3,2,3,4). The molecule has 0 radical (unpaired) electrons. The van der Waals surface area contributed by atoms with Crippen LogP contribution in [0.3, 0.4) is 0 Å². The van der Waals surface area contributed by atoms with Crippen molar-refractivity contribution in [1.29, 1.82) is 0 Å². The third kappa shape index (κ3) is 26.5. The van der Waals surface area contributed by atoms with E-state index in [1.54, 1.807) is 7.11 Å². The number of hydrogen-bond acceptors (Lipinski definition) is 4. The van der Waals surface area contributed by atoms with Crippen LogP contribution < -0.4 is 16.4 Å². The van der Waals surface area contributed by atoms with Crippen molar-refractivity contribution in [2.75, 3.05) is 20.2 Å². The molecule has 0 fully saturated rings. The van der Waals surface area contributed by atoms with Crippen LogP contribution in [-0.2, 0) is 9.53 Å². The van der Waals surface area contributed by atoms with Crippen LogP contribution in [0.15, 0.2) is 0 Å². The van der Waals surface area contributed by atoms with Crippen molar-refractivity contribution >= 4 is 41.2 Å². The first kappa shape index (κ1) is 20.3. The summed E-state index contributed by atoms with van der Waals surface area (Å²) >= 11 is 7.93. The molecule has 0 aromatic carbocycles. The maximum absolute atomic E-state index is 10.5. The maximum Gasteiger partial charge on any atom is 0.273 e. The van der Waals surface area contributed by atoms with Crippen LogP contribution in [0.2, 0.25) is 0 Å². The van der Waals surface area contributed by atoms with Gasteiger partial charge < -0.3 is 21.1 Å². The Kier molecular flexibility index (Phi) is 16.1. The Morgan fingerprint density at radius 2 is 1.58 bits per heavy atom. The van der Waals surface area contributed by atoms with E-state index < -0.39 is 5.24 Å². The van der Waals surface area contributed by atoms with Gasteiger partial charge in [0, 0.05) is 20.0 Å². The smallest absolute Gasteiger partial charge is 0.273 e. The van der Waals surface area contributed by atoms with Gasteiger partial charge in [-0.15, -0.1) is 0 Å². The molecule has 6 nitrogen and oxygen atoms in total. The Labute approximate surface area is 125 Å². The van der Waals surface area contributed by atoms with Crippen LogP contribution in [-0.4, -0.2) is 36.5 Å². The van der Waals surface area contributed by atoms with Gasteiger partial charge in [0.15, 0.2) is 0 Å². The number of carbonyl (C=O) groups is 2. The van der Waals surface area contributed by atoms with Crippen molar-refractivity contribution in [2.45, 2.75) is 32.6 Å². The number of ether oxygens (including phenoxy) is 1. The molecule has 2 amide bonds. The highest BCUT2D eigenvalue weighted by Gasteiger charge is 1.94. The predicted molar refractivity (Wildman–Crippen MR) is 83.3 cm³/mol. The number of rotatable bonds is 7. The maximum atomic E-state index is 10.5. The molecule has 0 aromatic heterocycles. The van der Waals surface area contributed by atoms with Crippen LogP contribution in [0.1, 0.15) is 32.6 Å². The molecule has 0 saturated carbocycles. The minimum absolute atomic E-state index is 0.0436. The fourth-order valence-corrected chi connectivity index (χ4v) is 1.23. The van der Waals surface area contributed by atoms with E-state index in [1.807, 2.05) is 0 Å². The molecule has 0 bridgehead atoms. The number of thiocarbonyl (C=S) groups is 1. The van der Waals surface area contributed by atoms with Gasteiger partial charge in [0.05, 0.1) is 7.11 Å². The first-order chi connectivity index (χ1) is 8.90. The van der Waals surface area contributed by atoms with E-state index in [0.29, 0.717) is 5.17 Å². The summed E-state index contributed by atoms with van der Waals surface area (Å²) in [6.45, 7) is 3.17. The summed E-state index contributed by atoms with van der Waals surface area (Å²) < 4.78 is 4.79. The highest BCUT2D eigenvalue weighted by atomic mass is 32.1. The molecule has 0 atom stereocenters. The predicted octanol–water partition coefficient (Wildman–Crippen LogP) is 1.20. The van der Waals surface area contributed by atoms with Gasteiger partial charge in [-0.1, -0.05) is 25.5 Å². The molecular formula is C11H23N3O3S2. The Balaban J connectivity index is 0. The molecule has 4 N–H and O–H groups in total. The fourth-order valence-electron chi connectivity index (χ4n) is 1.13. The van der Waals surface area contributed by atoms with Crippen LogP contribution in [0.5, 0.6) is 0 Å². The van der Waals surface area contributed by atoms with Crippen LogP contribution >= 0.6 is 24.8 Å². The number of thiol groups is 1. The fraction of sp³-hybridized carbons (Fsp3) is 0.727. The number of nitrogens with one attached hydrogen (secondary N) is 2. The Bertz CT molecular complexity index is 272. The van der Waals surface area contributed by atoms with E-state index in [9.17, 15) is 4.79 Å². The van der Waals surface area contributed by atoms with Crippen molar-refractivity contribution in [3.8, 4) is 0 Å². The highest BCUT2D eigenvalue weighted by molar-refractivity contribution is 7.96. The van der Waals surface area contributed by atoms with Crippen molar-refractivity contribution in [3.63, 3.8) is 0 Å². The number of methoxy groups -OCH3 is 1. The Morgan fingerprint density at radius 1 is 1.16 bits per heavy atom. The molecule has 8 heteroatoms. The second-order valence-electron chi connectivity index (χ2n) is 3.65. The van der Waals surface area contributed by atoms with Gasteiger partial charge >= 0.3 is 0 Å². The lowest BCUT2D eigenvalue weighted by Crippen LogP contribution is -2.23. The average molecular weight is 309 g/mol. The van der Waals surface area contributed by atoms with Crippen molar-refractivity contribution in [2.24, 2.45) is 5.73 Å². The first-order valence-corrected chi connectivity index (χ1v) is 6.80. The lowest BCUT2D eigenvalue weighted by atomic mass is 10.2. The molecule has 112 valence electrons. The molecule has 0 heterocycles. The molecule has 0 saturated heterocycles. The normalized spacial score (nSPS) is 8.79. The Hall–Kier alpha value is -1.02. The molecule has 0 rings (SSSR count). The summed E-state index contributed by atoms with van der Waals surface area (Å²) in [4.78, 5) is 19.6. The zero-order chi connectivity index (χ0) is 15.1. The number of unbranched alkanes of at least 4 members (excludes halogenated alkanes) is 3. The number of primary amides is 1. The van der Waals surface area contributed by atoms with Gasteiger partial charge in [-0.05, 0) is 25.1 Å². The van der Waals surface area contributed by atoms with Gasteiger partial charge in [-0.3, -0.25) is 9.59 Å². The SMILES string of the molecule is COC(=S)NCCCCCCNC(C)=O.NC(=O)S. The summed E-state index contributed by atoms with van der Waals surface area (Å²) in [5.41, 5.74) is 4.34. The largest absolute Gasteiger partial charge is 0.474 e. The monoisotopic (exact) mass is 309 g/mol. The highest BCUT2D eigenvalue weighted by Crippen LogP contribution is 1.97. The molecule has 0 aliphatic rings. The number of nitrogens with two attached hydrogens (primary N) is 1. The molecule has 0 spiro atoms. The van der Waals surface area contributed by atoms with E-state index in [1.165, 1.54) is 6.92 Å². The second-order valence-corrected chi connectivity index (χ2v) is 4.47. The Morgan fingerprint density at radius 3 is 1.95 bits per heavy atom. The topological polar surface area (TPSA) is 93.4 Å². The molecule has 0 aromatic rings. The number of hydrogen-bond donors (Lipinski definition) is 4. The van der Waals surface area contributed by atoms with Crippen molar-refractivity contribution in [1.82, 2.24) is 10.6 Å². The van der Waals surface area contributed by atoms with Crippen LogP contribution in [0.25, 0.3) is 0 Å². The summed E-state index contributed by atoms with van der Waals surface area (Å²) in [6.07, 6.45) is 4.37. The van der Waals surface area contributed by atoms with Gasteiger partial charge in [0.2, 0.25) is 5.91 Å². The summed E-state index contributed by atoms with van der Waals surface area (Å²) in [5.74, 6) is 0.0436. The minimum Gasteiger partial charge on any atom is -0.474 e. The van der Waals surface area contributed by atoms with Gasteiger partial charge in [0.1, 0.15) is 0 Å². The lowest BCUT2D eigenvalue weighted by Gasteiger charge is -2.05. The second kappa shape index (κ2) is 15.0. The van der Waals surface area contributed by atoms with Gasteiger partial charge in [-0.25, -0.2) is 0 Å². The quantitative estimate of drug-likeness (QED) is 0.322. The lowest BCUT2D eigenvalue weighted by molar-refractivity contribution is -0.118. The van der Waals surface area contributed by atoms with E-state index in [0.717, 1.165) is 38.8 Å². The van der Waals surface area contributed by atoms with Crippen molar-refractivity contribution in [3.05, 3.63) is 0 Å². The molecule has 0 unspecified atom stereocenters. The number of amides is 2. The molecule has 0 aliphatic carbocycles. The van der Waals surface area contributed by atoms with E-state index in [2.05, 4.69) is 29.0 Å². The van der Waals surface area contributed by atoms with E-state index in [4.69, 9.17) is 21.7 Å². The van der Waals surface area contributed by atoms with Gasteiger partial charge in [0.25, 0.3) is 10.4 Å². The molecule has 0 aliphatic heterocycles. The van der Waals surface area contributed by atoms with Crippen LogP contribution in [0, 0.1) is 0 Å². The third-order valence-corrected chi connectivity index (χ3v) is 2.24. The van der Waals surface area contributed by atoms with Crippen LogP contribution in [0.4, 0.5) is 4.79 Å². The van der Waals surface area contributed by atoms with Gasteiger partial charge in [-0.2, -0.15) is 0 Å². The average Bonchev–Trinajstić information content (AvgIpc) is 2.31. The third-order valence-electron chi connectivity index (χ3n) is 1.93. The zero-order valence-electron chi connectivity index (χ0n) is 11.4. The summed E-state index contributed by atoms with van der Waals surface area (Å²) in [5, 5.41) is 5.56. The van der Waals surface area contributed by atoms with E-state index >= 15 is 0 Å². The first-order valence-electron chi connectivity index (χ1n) is 5.94. The number of carbonyl (C=O) groups excluding carboxylic acids is 2. The van der Waals surface area contributed by atoms with E-state index in [-0.39, 0.29) is 5.91 Å².